The van der Waals surface area contributed by atoms with Gasteiger partial charge in [-0.1, -0.05) is 0 Å². The molecule has 0 aromatic carbocycles. The van der Waals surface area contributed by atoms with Crippen LogP contribution in [0, 0.1) is 0 Å². The van der Waals surface area contributed by atoms with Crippen LogP contribution >= 0.6 is 0 Å². The number of fused-ring (bicyclic) bond motifs is 1. The molecule has 24 heavy (non-hydrogen) atoms. The first-order valence-electron chi connectivity index (χ1n) is 8.48. The van der Waals surface area contributed by atoms with E-state index in [-0.39, 0.29) is 17.9 Å². The topological polar surface area (TPSA) is 99.3 Å². The second-order valence-electron chi connectivity index (χ2n) is 6.40. The number of pyridine rings is 1. The van der Waals surface area contributed by atoms with Crippen LogP contribution < -0.4 is 10.9 Å². The van der Waals surface area contributed by atoms with Crippen LogP contribution in [0.15, 0.2) is 10.9 Å². The van der Waals surface area contributed by atoms with E-state index < -0.39 is 21.5 Å². The maximum Gasteiger partial charge on any atom is 0.261 e. The van der Waals surface area contributed by atoms with Gasteiger partial charge in [0.2, 0.25) is 10.0 Å². The lowest BCUT2D eigenvalue weighted by molar-refractivity contribution is 0.0954. The summed E-state index contributed by atoms with van der Waals surface area (Å²) in [6.07, 6.45) is 5.56. The molecule has 2 heterocycles. The molecule has 7 nitrogen and oxygen atoms in total. The molecular formula is C16H23N3O4S. The summed E-state index contributed by atoms with van der Waals surface area (Å²) in [6, 6.07) is 1.65. The summed E-state index contributed by atoms with van der Waals surface area (Å²) in [5.41, 5.74) is 1.58. The van der Waals surface area contributed by atoms with Crippen molar-refractivity contribution in [2.75, 3.05) is 25.4 Å². The second-order valence-corrected chi connectivity index (χ2v) is 8.49. The zero-order valence-electron chi connectivity index (χ0n) is 13.6. The molecule has 0 spiro atoms. The van der Waals surface area contributed by atoms with Crippen molar-refractivity contribution in [2.24, 2.45) is 0 Å². The van der Waals surface area contributed by atoms with Gasteiger partial charge in [0.25, 0.3) is 11.5 Å². The Labute approximate surface area is 141 Å². The molecule has 1 aromatic rings. The second kappa shape index (κ2) is 7.06. The highest BCUT2D eigenvalue weighted by Crippen LogP contribution is 2.18. The summed E-state index contributed by atoms with van der Waals surface area (Å²) in [6.45, 7) is 1.12. The summed E-state index contributed by atoms with van der Waals surface area (Å²) in [4.78, 5) is 27.1. The highest BCUT2D eigenvalue weighted by atomic mass is 32.2. The molecule has 0 unspecified atom stereocenters. The molecule has 1 aliphatic carbocycles. The first-order valence-corrected chi connectivity index (χ1v) is 10.1. The molecule has 1 saturated heterocycles. The first kappa shape index (κ1) is 17.2. The van der Waals surface area contributed by atoms with E-state index >= 15 is 0 Å². The Kier molecular flexibility index (Phi) is 5.05. The van der Waals surface area contributed by atoms with Gasteiger partial charge in [0, 0.05) is 25.3 Å². The van der Waals surface area contributed by atoms with E-state index in [1.807, 2.05) is 0 Å². The number of hydrogen-bond acceptors (Lipinski definition) is 4. The number of carbonyl (C=O) groups excluding carboxylic acids is 1. The molecule has 2 aliphatic rings. The standard InChI is InChI=1S/C16H23N3O4S/c20-15(17-7-10-24(22,23)19-8-3-4-9-19)13-11-12-5-1-2-6-14(12)18-16(13)21/h11H,1-10H2,(H,17,20)(H,18,21). The van der Waals surface area contributed by atoms with E-state index in [9.17, 15) is 18.0 Å². The Hall–Kier alpha value is -1.67. The summed E-state index contributed by atoms with van der Waals surface area (Å²) in [5.74, 6) is -0.650. The van der Waals surface area contributed by atoms with E-state index in [1.165, 1.54) is 4.31 Å². The summed E-state index contributed by atoms with van der Waals surface area (Å²) in [7, 11) is -3.33. The van der Waals surface area contributed by atoms with Crippen LogP contribution in [-0.2, 0) is 22.9 Å². The fourth-order valence-corrected chi connectivity index (χ4v) is 4.76. The number of amides is 1. The average molecular weight is 353 g/mol. The lowest BCUT2D eigenvalue weighted by Crippen LogP contribution is -2.37. The number of aromatic amines is 1. The van der Waals surface area contributed by atoms with Crippen molar-refractivity contribution in [1.29, 1.82) is 0 Å². The highest BCUT2D eigenvalue weighted by molar-refractivity contribution is 7.89. The van der Waals surface area contributed by atoms with Crippen molar-refractivity contribution in [3.63, 3.8) is 0 Å². The lowest BCUT2D eigenvalue weighted by Gasteiger charge is -2.17. The van der Waals surface area contributed by atoms with Gasteiger partial charge in [-0.3, -0.25) is 9.59 Å². The predicted octanol–water partition coefficient (Wildman–Crippen LogP) is 0.409. The zero-order valence-corrected chi connectivity index (χ0v) is 14.5. The molecule has 0 atom stereocenters. The number of H-pyrrole nitrogens is 1. The number of hydrogen-bond donors (Lipinski definition) is 2. The van der Waals surface area contributed by atoms with Gasteiger partial charge in [0.05, 0.1) is 5.75 Å². The molecule has 1 aromatic heterocycles. The van der Waals surface area contributed by atoms with Gasteiger partial charge in [0.15, 0.2) is 0 Å². The van der Waals surface area contributed by atoms with Gasteiger partial charge in [-0.05, 0) is 50.2 Å². The van der Waals surface area contributed by atoms with E-state index in [2.05, 4.69) is 10.3 Å². The minimum absolute atomic E-state index is 0.00813. The van der Waals surface area contributed by atoms with E-state index in [4.69, 9.17) is 0 Å². The summed E-state index contributed by atoms with van der Waals surface area (Å²) in [5, 5.41) is 2.56. The number of nitrogens with zero attached hydrogens (tertiary/aromatic N) is 1. The SMILES string of the molecule is O=C(NCCS(=O)(=O)N1CCCC1)c1cc2c([nH]c1=O)CCCC2. The fourth-order valence-electron chi connectivity index (χ4n) is 3.33. The van der Waals surface area contributed by atoms with Crippen LogP contribution in [0.5, 0.6) is 0 Å². The van der Waals surface area contributed by atoms with Crippen LogP contribution in [0.2, 0.25) is 0 Å². The number of aryl methyl sites for hydroxylation is 2. The Morgan fingerprint density at radius 2 is 1.88 bits per heavy atom. The van der Waals surface area contributed by atoms with Crippen molar-refractivity contribution >= 4 is 15.9 Å². The van der Waals surface area contributed by atoms with Crippen LogP contribution in [-0.4, -0.2) is 49.0 Å². The number of carbonyl (C=O) groups is 1. The maximum atomic E-state index is 12.2. The molecule has 0 radical (unpaired) electrons. The third kappa shape index (κ3) is 3.70. The Morgan fingerprint density at radius 3 is 2.62 bits per heavy atom. The Morgan fingerprint density at radius 1 is 1.17 bits per heavy atom. The van der Waals surface area contributed by atoms with E-state index in [0.29, 0.717) is 13.1 Å². The molecule has 3 rings (SSSR count). The van der Waals surface area contributed by atoms with E-state index in [1.54, 1.807) is 6.07 Å². The van der Waals surface area contributed by atoms with Crippen molar-refractivity contribution in [1.82, 2.24) is 14.6 Å². The highest BCUT2D eigenvalue weighted by Gasteiger charge is 2.25. The number of nitrogens with one attached hydrogen (secondary N) is 2. The predicted molar refractivity (Wildman–Crippen MR) is 90.6 cm³/mol. The minimum atomic E-state index is -3.33. The van der Waals surface area contributed by atoms with Gasteiger partial charge in [-0.15, -0.1) is 0 Å². The summed E-state index contributed by atoms with van der Waals surface area (Å²) < 4.78 is 25.7. The van der Waals surface area contributed by atoms with Crippen molar-refractivity contribution in [2.45, 2.75) is 38.5 Å². The zero-order chi connectivity index (χ0) is 17.2. The molecule has 1 amide bonds. The molecule has 8 heteroatoms. The quantitative estimate of drug-likeness (QED) is 0.801. The van der Waals surface area contributed by atoms with Crippen LogP contribution in [0.4, 0.5) is 0 Å². The summed E-state index contributed by atoms with van der Waals surface area (Å²) >= 11 is 0. The minimum Gasteiger partial charge on any atom is -0.351 e. The first-order chi connectivity index (χ1) is 11.5. The Bertz CT molecular complexity index is 779. The third-order valence-corrected chi connectivity index (χ3v) is 6.56. The molecule has 132 valence electrons. The van der Waals surface area contributed by atoms with Gasteiger partial charge < -0.3 is 10.3 Å². The van der Waals surface area contributed by atoms with Crippen molar-refractivity contribution in [3.05, 3.63) is 33.2 Å². The molecule has 0 bridgehead atoms. The average Bonchev–Trinajstić information content (AvgIpc) is 3.09. The van der Waals surface area contributed by atoms with Crippen molar-refractivity contribution in [3.8, 4) is 0 Å². The van der Waals surface area contributed by atoms with Crippen LogP contribution in [0.3, 0.4) is 0 Å². The van der Waals surface area contributed by atoms with Gasteiger partial charge in [0.1, 0.15) is 5.56 Å². The fraction of sp³-hybridized carbons (Fsp3) is 0.625. The number of sulfonamides is 1. The van der Waals surface area contributed by atoms with Crippen LogP contribution in [0.1, 0.15) is 47.3 Å². The molecular weight excluding hydrogens is 330 g/mol. The van der Waals surface area contributed by atoms with Crippen molar-refractivity contribution < 1.29 is 13.2 Å². The molecule has 1 aliphatic heterocycles. The normalized spacial score (nSPS) is 18.3. The monoisotopic (exact) mass is 353 g/mol. The number of aromatic nitrogens is 1. The molecule has 0 saturated carbocycles. The van der Waals surface area contributed by atoms with Gasteiger partial charge in [-0.2, -0.15) is 0 Å². The maximum absolute atomic E-state index is 12.2. The van der Waals surface area contributed by atoms with E-state index in [0.717, 1.165) is 49.8 Å². The number of rotatable bonds is 5. The third-order valence-electron chi connectivity index (χ3n) is 4.69. The molecule has 1 fully saturated rings. The Balaban J connectivity index is 1.62. The lowest BCUT2D eigenvalue weighted by atomic mass is 9.95. The van der Waals surface area contributed by atoms with Crippen LogP contribution in [0.25, 0.3) is 0 Å². The van der Waals surface area contributed by atoms with Gasteiger partial charge in [-0.25, -0.2) is 12.7 Å². The van der Waals surface area contributed by atoms with Gasteiger partial charge >= 0.3 is 0 Å². The smallest absolute Gasteiger partial charge is 0.261 e. The largest absolute Gasteiger partial charge is 0.351 e. The molecule has 2 N–H and O–H groups in total.